The number of ether oxygens (including phenoxy) is 1. The van der Waals surface area contributed by atoms with Crippen molar-refractivity contribution in [3.8, 4) is 0 Å². The van der Waals surface area contributed by atoms with Gasteiger partial charge in [0.05, 0.1) is 13.2 Å². The molecule has 1 aliphatic heterocycles. The number of nitrogens with zero attached hydrogens (tertiary/aromatic N) is 3. The maximum absolute atomic E-state index is 11.4. The molecule has 2 aliphatic rings. The maximum atomic E-state index is 11.4. The lowest BCUT2D eigenvalue weighted by Gasteiger charge is -2.26. The van der Waals surface area contributed by atoms with Gasteiger partial charge < -0.3 is 9.29 Å². The lowest BCUT2D eigenvalue weighted by molar-refractivity contribution is -0.423. The van der Waals surface area contributed by atoms with Gasteiger partial charge in [-0.15, -0.1) is 3.98 Å². The number of aliphatic imine (C=N–C) groups is 1. The lowest BCUT2D eigenvalue weighted by atomic mass is 9.96. The molecule has 0 bridgehead atoms. The summed E-state index contributed by atoms with van der Waals surface area (Å²) >= 11 is 0. The fourth-order valence-electron chi connectivity index (χ4n) is 2.80. The van der Waals surface area contributed by atoms with E-state index >= 15 is 0 Å². The molecule has 1 unspecified atom stereocenters. The molecule has 120 valence electrons. The van der Waals surface area contributed by atoms with Crippen LogP contribution in [0.2, 0.25) is 0 Å². The zero-order chi connectivity index (χ0) is 15.3. The Hall–Kier alpha value is -0.790. The second kappa shape index (κ2) is 7.47. The minimum Gasteiger partial charge on any atom is -0.712 e. The summed E-state index contributed by atoms with van der Waals surface area (Å²) in [4.78, 5) is 6.22. The Balaban J connectivity index is 2.17. The summed E-state index contributed by atoms with van der Waals surface area (Å²) in [5.74, 6) is 0. The van der Waals surface area contributed by atoms with Gasteiger partial charge >= 0.3 is 6.01 Å². The summed E-state index contributed by atoms with van der Waals surface area (Å²) < 4.78 is 40.5. The van der Waals surface area contributed by atoms with Crippen molar-refractivity contribution in [1.82, 2.24) is 4.90 Å². The number of morpholine rings is 1. The molecule has 1 atom stereocenters. The topological polar surface area (TPSA) is 85.0 Å². The molecule has 0 radical (unpaired) electrons. The summed E-state index contributed by atoms with van der Waals surface area (Å²) in [6.07, 6.45) is 3.88. The molecule has 1 aliphatic carbocycles. The monoisotopic (exact) mass is 317 g/mol. The second-order valence-electron chi connectivity index (χ2n) is 5.49. The van der Waals surface area contributed by atoms with Gasteiger partial charge in [0.2, 0.25) is 0 Å². The number of likely N-dealkylation sites (N-methyl/N-ethyl adjacent to an activating group) is 1. The molecule has 1 saturated heterocycles. The Morgan fingerprint density at radius 1 is 1.38 bits per heavy atom. The van der Waals surface area contributed by atoms with Crippen molar-refractivity contribution in [3.63, 3.8) is 0 Å². The molecule has 1 saturated carbocycles. The Labute approximate surface area is 126 Å². The van der Waals surface area contributed by atoms with Crippen LogP contribution in [0.3, 0.4) is 0 Å². The van der Waals surface area contributed by atoms with Crippen LogP contribution in [0.25, 0.3) is 0 Å². The highest BCUT2D eigenvalue weighted by molar-refractivity contribution is 7.79. The van der Waals surface area contributed by atoms with E-state index in [2.05, 4.69) is 15.9 Å². The van der Waals surface area contributed by atoms with E-state index in [1.165, 1.54) is 0 Å². The van der Waals surface area contributed by atoms with Gasteiger partial charge in [-0.25, -0.2) is 0 Å². The smallest absolute Gasteiger partial charge is 0.325 e. The Morgan fingerprint density at radius 3 is 2.71 bits per heavy atom. The molecule has 21 heavy (non-hydrogen) atoms. The number of rotatable bonds is 4. The van der Waals surface area contributed by atoms with Crippen LogP contribution in [0.1, 0.15) is 39.0 Å². The minimum absolute atomic E-state index is 0.309. The van der Waals surface area contributed by atoms with Gasteiger partial charge in [-0.1, -0.05) is 13.3 Å². The van der Waals surface area contributed by atoms with Crippen LogP contribution in [0.4, 0.5) is 0 Å². The molecular formula is C13H23N3O4S. The van der Waals surface area contributed by atoms with Crippen LogP contribution in [0, 0.1) is 0 Å². The summed E-state index contributed by atoms with van der Waals surface area (Å²) in [5, 5.41) is 0. The number of hydrogen-bond acceptors (Lipinski definition) is 6. The predicted molar refractivity (Wildman–Crippen MR) is 76.1 cm³/mol. The molecule has 0 amide bonds. The van der Waals surface area contributed by atoms with E-state index in [4.69, 9.17) is 4.74 Å². The van der Waals surface area contributed by atoms with Crippen LogP contribution in [0.5, 0.6) is 0 Å². The summed E-state index contributed by atoms with van der Waals surface area (Å²) in [7, 11) is -4.58. The van der Waals surface area contributed by atoms with Gasteiger partial charge in [-0.2, -0.15) is 8.42 Å². The summed E-state index contributed by atoms with van der Waals surface area (Å²) in [5.41, 5.74) is 0. The van der Waals surface area contributed by atoms with Crippen molar-refractivity contribution in [2.24, 2.45) is 4.99 Å². The highest BCUT2D eigenvalue weighted by Crippen LogP contribution is 2.21. The van der Waals surface area contributed by atoms with E-state index in [0.29, 0.717) is 26.0 Å². The van der Waals surface area contributed by atoms with Crippen LogP contribution in [0.15, 0.2) is 4.99 Å². The Bertz CT molecular complexity index is 508. The van der Waals surface area contributed by atoms with Gasteiger partial charge in [0, 0.05) is 6.54 Å². The first-order chi connectivity index (χ1) is 10.0. The predicted octanol–water partition coefficient (Wildman–Crippen LogP) is 0.644. The summed E-state index contributed by atoms with van der Waals surface area (Å²) in [6.45, 7) is 4.93. The van der Waals surface area contributed by atoms with Gasteiger partial charge in [0.15, 0.2) is 0 Å². The van der Waals surface area contributed by atoms with Crippen LogP contribution in [-0.2, 0) is 15.0 Å². The average molecular weight is 317 g/mol. The van der Waals surface area contributed by atoms with Gasteiger partial charge in [-0.05, 0) is 37.2 Å². The van der Waals surface area contributed by atoms with Gasteiger partial charge in [-0.3, -0.25) is 4.90 Å². The standard InChI is InChI=1S/C13H23N3O4S/c1-2-15-8-9-20-13(10-15)14-11-16(21(17,18)19)12-6-4-3-5-7-12/h12-13H,2-10H2,1H3. The molecule has 8 heteroatoms. The summed E-state index contributed by atoms with van der Waals surface area (Å²) in [6, 6.07) is 2.14. The molecule has 2 fully saturated rings. The zero-order valence-corrected chi connectivity index (χ0v) is 13.2. The van der Waals surface area contributed by atoms with Crippen LogP contribution >= 0.6 is 0 Å². The molecular weight excluding hydrogens is 294 g/mol. The fourth-order valence-corrected chi connectivity index (χ4v) is 3.52. The lowest BCUT2D eigenvalue weighted by Crippen LogP contribution is -2.41. The highest BCUT2D eigenvalue weighted by Gasteiger charge is 2.27. The van der Waals surface area contributed by atoms with E-state index in [-0.39, 0.29) is 6.04 Å². The molecule has 0 N–H and O–H groups in total. The van der Waals surface area contributed by atoms with Gasteiger partial charge in [0.1, 0.15) is 6.04 Å². The normalized spacial score (nSPS) is 25.3. The molecule has 0 spiro atoms. The molecule has 1 heterocycles. The van der Waals surface area contributed by atoms with Crippen molar-refractivity contribution >= 4 is 16.3 Å². The molecule has 0 aromatic heterocycles. The Morgan fingerprint density at radius 2 is 2.10 bits per heavy atom. The quantitative estimate of drug-likeness (QED) is 0.432. The van der Waals surface area contributed by atoms with Crippen LogP contribution in [-0.4, -0.2) is 66.4 Å². The zero-order valence-electron chi connectivity index (χ0n) is 12.4. The van der Waals surface area contributed by atoms with E-state index in [1.54, 1.807) is 0 Å². The third kappa shape index (κ3) is 4.86. The molecule has 0 aromatic carbocycles. The first-order valence-corrected chi connectivity index (χ1v) is 8.92. The van der Waals surface area contributed by atoms with Crippen molar-refractivity contribution < 1.29 is 21.7 Å². The van der Waals surface area contributed by atoms with Crippen molar-refractivity contribution in [1.29, 1.82) is 0 Å². The SMILES string of the molecule is CCN1CCOC(N=C=[N+](C2CCCCC2)S(=O)(=O)[O-])C1. The highest BCUT2D eigenvalue weighted by atomic mass is 32.2. The Kier molecular flexibility index (Phi) is 5.89. The molecule has 0 aromatic rings. The minimum atomic E-state index is -4.58. The van der Waals surface area contributed by atoms with E-state index in [9.17, 15) is 13.0 Å². The molecule has 2 rings (SSSR count). The van der Waals surface area contributed by atoms with Crippen molar-refractivity contribution in [2.75, 3.05) is 26.2 Å². The third-order valence-electron chi connectivity index (χ3n) is 4.03. The van der Waals surface area contributed by atoms with Crippen molar-refractivity contribution in [2.45, 2.75) is 51.3 Å². The first kappa shape index (κ1) is 16.6. The van der Waals surface area contributed by atoms with Crippen molar-refractivity contribution in [3.05, 3.63) is 0 Å². The fraction of sp³-hybridized carbons (Fsp3) is 0.923. The average Bonchev–Trinajstić information content (AvgIpc) is 2.47. The van der Waals surface area contributed by atoms with Gasteiger partial charge in [0.25, 0.3) is 16.5 Å². The van der Waals surface area contributed by atoms with E-state index in [0.717, 1.165) is 36.3 Å². The number of hydrogen-bond donors (Lipinski definition) is 0. The maximum Gasteiger partial charge on any atom is 0.325 e. The van der Waals surface area contributed by atoms with E-state index < -0.39 is 16.5 Å². The van der Waals surface area contributed by atoms with E-state index in [1.807, 2.05) is 6.92 Å². The molecule has 7 nitrogen and oxygen atoms in total. The second-order valence-corrected chi connectivity index (χ2v) is 6.74. The largest absolute Gasteiger partial charge is 0.712 e. The van der Waals surface area contributed by atoms with Crippen LogP contribution < -0.4 is 0 Å². The third-order valence-corrected chi connectivity index (χ3v) is 4.89. The first-order valence-electron chi connectivity index (χ1n) is 7.55.